The second kappa shape index (κ2) is 4.61. The van der Waals surface area contributed by atoms with Gasteiger partial charge in [-0.05, 0) is 6.42 Å². The highest BCUT2D eigenvalue weighted by atomic mass is 32.2. The Bertz CT molecular complexity index is 301. The smallest absolute Gasteiger partial charge is 0.315 e. The second-order valence-electron chi connectivity index (χ2n) is 3.22. The Kier molecular flexibility index (Phi) is 3.70. The zero-order valence-electron chi connectivity index (χ0n) is 7.69. The van der Waals surface area contributed by atoms with Crippen molar-refractivity contribution in [2.45, 2.75) is 12.5 Å². The first kappa shape index (κ1) is 11.3. The van der Waals surface area contributed by atoms with Crippen LogP contribution in [-0.4, -0.2) is 50.3 Å². The molecular formula is C7H14N2O4S. The molecule has 7 heteroatoms. The molecule has 1 rings (SSSR count). The largest absolute Gasteiger partial charge is 0.395 e. The van der Waals surface area contributed by atoms with Gasteiger partial charge in [0, 0.05) is 12.6 Å². The lowest BCUT2D eigenvalue weighted by molar-refractivity contribution is 0.231. The highest BCUT2D eigenvalue weighted by molar-refractivity contribution is 7.91. The zero-order valence-corrected chi connectivity index (χ0v) is 8.51. The average Bonchev–Trinajstić information content (AvgIpc) is 2.42. The van der Waals surface area contributed by atoms with Crippen LogP contribution in [0.25, 0.3) is 0 Å². The van der Waals surface area contributed by atoms with Gasteiger partial charge >= 0.3 is 6.03 Å². The van der Waals surface area contributed by atoms with E-state index in [1.807, 2.05) is 0 Å². The number of amides is 2. The zero-order chi connectivity index (χ0) is 10.6. The number of hydrogen-bond donors (Lipinski definition) is 3. The van der Waals surface area contributed by atoms with E-state index in [0.29, 0.717) is 6.42 Å². The molecule has 2 amide bonds. The summed E-state index contributed by atoms with van der Waals surface area (Å²) in [6.07, 6.45) is 0.467. The minimum Gasteiger partial charge on any atom is -0.395 e. The molecule has 0 spiro atoms. The predicted molar refractivity (Wildman–Crippen MR) is 50.7 cm³/mol. The van der Waals surface area contributed by atoms with Crippen LogP contribution in [-0.2, 0) is 9.84 Å². The van der Waals surface area contributed by atoms with Crippen molar-refractivity contribution in [1.82, 2.24) is 10.6 Å². The summed E-state index contributed by atoms with van der Waals surface area (Å²) in [4.78, 5) is 11.0. The molecule has 82 valence electrons. The topological polar surface area (TPSA) is 95.5 Å². The van der Waals surface area contributed by atoms with E-state index in [4.69, 9.17) is 5.11 Å². The van der Waals surface area contributed by atoms with Crippen LogP contribution < -0.4 is 10.6 Å². The first-order valence-corrected chi connectivity index (χ1v) is 6.21. The first-order valence-electron chi connectivity index (χ1n) is 4.39. The Hall–Kier alpha value is -0.820. The van der Waals surface area contributed by atoms with Gasteiger partial charge in [0.05, 0.1) is 18.1 Å². The number of aliphatic hydroxyl groups excluding tert-OH is 1. The number of carbonyl (C=O) groups excluding carboxylic acids is 1. The van der Waals surface area contributed by atoms with Gasteiger partial charge in [0.1, 0.15) is 0 Å². The van der Waals surface area contributed by atoms with E-state index < -0.39 is 15.9 Å². The van der Waals surface area contributed by atoms with Crippen molar-refractivity contribution in [2.24, 2.45) is 0 Å². The molecule has 0 saturated carbocycles. The molecule has 1 atom stereocenters. The van der Waals surface area contributed by atoms with Crippen LogP contribution in [0.4, 0.5) is 4.79 Å². The van der Waals surface area contributed by atoms with E-state index in [9.17, 15) is 13.2 Å². The van der Waals surface area contributed by atoms with Gasteiger partial charge in [-0.15, -0.1) is 0 Å². The lowest BCUT2D eigenvalue weighted by Crippen LogP contribution is -2.43. The fraction of sp³-hybridized carbons (Fsp3) is 0.857. The van der Waals surface area contributed by atoms with Gasteiger partial charge in [-0.3, -0.25) is 0 Å². The Balaban J connectivity index is 2.29. The van der Waals surface area contributed by atoms with E-state index in [1.54, 1.807) is 0 Å². The Morgan fingerprint density at radius 3 is 2.71 bits per heavy atom. The van der Waals surface area contributed by atoms with Gasteiger partial charge in [0.25, 0.3) is 0 Å². The van der Waals surface area contributed by atoms with E-state index in [-0.39, 0.29) is 30.7 Å². The molecule has 6 nitrogen and oxygen atoms in total. The summed E-state index contributed by atoms with van der Waals surface area (Å²) in [5, 5.41) is 13.3. The van der Waals surface area contributed by atoms with Crippen LogP contribution in [0.15, 0.2) is 0 Å². The van der Waals surface area contributed by atoms with Crippen LogP contribution in [0, 0.1) is 0 Å². The molecule has 0 radical (unpaired) electrons. The summed E-state index contributed by atoms with van der Waals surface area (Å²) in [7, 11) is -2.95. The predicted octanol–water partition coefficient (Wildman–Crippen LogP) is -1.53. The molecule has 3 N–H and O–H groups in total. The molecular weight excluding hydrogens is 208 g/mol. The third-order valence-electron chi connectivity index (χ3n) is 1.97. The van der Waals surface area contributed by atoms with Crippen LogP contribution in [0.2, 0.25) is 0 Å². The molecule has 0 bridgehead atoms. The number of carbonyl (C=O) groups is 1. The third-order valence-corrected chi connectivity index (χ3v) is 3.73. The Morgan fingerprint density at radius 2 is 2.21 bits per heavy atom. The quantitative estimate of drug-likeness (QED) is 0.539. The lowest BCUT2D eigenvalue weighted by Gasteiger charge is -2.10. The van der Waals surface area contributed by atoms with Crippen molar-refractivity contribution in [2.75, 3.05) is 24.7 Å². The van der Waals surface area contributed by atoms with Crippen molar-refractivity contribution < 1.29 is 18.3 Å². The monoisotopic (exact) mass is 222 g/mol. The molecule has 0 aromatic carbocycles. The maximum Gasteiger partial charge on any atom is 0.315 e. The Morgan fingerprint density at radius 1 is 1.50 bits per heavy atom. The van der Waals surface area contributed by atoms with E-state index in [1.165, 1.54) is 0 Å². The molecule has 1 fully saturated rings. The van der Waals surface area contributed by atoms with Crippen molar-refractivity contribution in [3.63, 3.8) is 0 Å². The highest BCUT2D eigenvalue weighted by Crippen LogP contribution is 2.10. The van der Waals surface area contributed by atoms with Crippen LogP contribution >= 0.6 is 0 Å². The molecule has 1 aliphatic rings. The standard InChI is InChI=1S/C7H14N2O4S/c10-3-2-8-7(11)9-6-1-4-14(12,13)5-6/h6,10H,1-5H2,(H2,8,9,11)/t6-/m1/s1. The summed E-state index contributed by atoms with van der Waals surface area (Å²) in [6.45, 7) is 0.0433. The van der Waals surface area contributed by atoms with Crippen molar-refractivity contribution in [3.05, 3.63) is 0 Å². The summed E-state index contributed by atoms with van der Waals surface area (Å²) in [5.41, 5.74) is 0. The molecule has 0 aromatic rings. The van der Waals surface area contributed by atoms with Gasteiger partial charge in [-0.2, -0.15) is 0 Å². The first-order chi connectivity index (χ1) is 6.53. The van der Waals surface area contributed by atoms with E-state index >= 15 is 0 Å². The molecule has 1 saturated heterocycles. The fourth-order valence-corrected chi connectivity index (χ4v) is 2.99. The minimum atomic E-state index is -2.95. The third kappa shape index (κ3) is 3.51. The normalized spacial score (nSPS) is 24.5. The molecule has 1 heterocycles. The SMILES string of the molecule is O=C(NCCO)N[C@@H]1CCS(=O)(=O)C1. The van der Waals surface area contributed by atoms with E-state index in [0.717, 1.165) is 0 Å². The van der Waals surface area contributed by atoms with Gasteiger partial charge < -0.3 is 15.7 Å². The number of nitrogens with one attached hydrogen (secondary N) is 2. The molecule has 0 unspecified atom stereocenters. The highest BCUT2D eigenvalue weighted by Gasteiger charge is 2.28. The van der Waals surface area contributed by atoms with Crippen molar-refractivity contribution in [1.29, 1.82) is 0 Å². The van der Waals surface area contributed by atoms with E-state index in [2.05, 4.69) is 10.6 Å². The molecule has 0 aliphatic carbocycles. The number of urea groups is 1. The van der Waals surface area contributed by atoms with Crippen LogP contribution in [0.1, 0.15) is 6.42 Å². The number of rotatable bonds is 3. The summed E-state index contributed by atoms with van der Waals surface area (Å²) in [5.74, 6) is 0.150. The maximum atomic E-state index is 11.0. The molecule has 14 heavy (non-hydrogen) atoms. The Labute approximate surface area is 82.6 Å². The van der Waals surface area contributed by atoms with Gasteiger partial charge in [0.15, 0.2) is 9.84 Å². The maximum absolute atomic E-state index is 11.0. The van der Waals surface area contributed by atoms with Gasteiger partial charge in [0.2, 0.25) is 0 Å². The van der Waals surface area contributed by atoms with Gasteiger partial charge in [-0.1, -0.05) is 0 Å². The van der Waals surface area contributed by atoms with Crippen LogP contribution in [0.5, 0.6) is 0 Å². The van der Waals surface area contributed by atoms with Crippen molar-refractivity contribution >= 4 is 15.9 Å². The average molecular weight is 222 g/mol. The molecule has 1 aliphatic heterocycles. The minimum absolute atomic E-state index is 0.0134. The van der Waals surface area contributed by atoms with Gasteiger partial charge in [-0.25, -0.2) is 13.2 Å². The lowest BCUT2D eigenvalue weighted by atomic mass is 10.3. The second-order valence-corrected chi connectivity index (χ2v) is 5.45. The molecule has 0 aromatic heterocycles. The summed E-state index contributed by atoms with van der Waals surface area (Å²) in [6, 6.07) is -0.722. The van der Waals surface area contributed by atoms with Crippen molar-refractivity contribution in [3.8, 4) is 0 Å². The summed E-state index contributed by atoms with van der Waals surface area (Å²) < 4.78 is 22.0. The number of hydrogen-bond acceptors (Lipinski definition) is 4. The number of aliphatic hydroxyl groups is 1. The fourth-order valence-electron chi connectivity index (χ4n) is 1.31. The van der Waals surface area contributed by atoms with Crippen LogP contribution in [0.3, 0.4) is 0 Å². The number of sulfone groups is 1. The summed E-state index contributed by atoms with van der Waals surface area (Å²) >= 11 is 0.